The first-order chi connectivity index (χ1) is 9.10. The molecule has 0 bridgehead atoms. The molecule has 4 heteroatoms. The highest BCUT2D eigenvalue weighted by atomic mass is 127. The number of aliphatic imine (C=N–C) groups is 1. The SMILES string of the molecule is C=CCNC(=NCC(C)(C)c1ccccc1)NCC.I. The van der Waals surface area contributed by atoms with Crippen molar-refractivity contribution in [3.05, 3.63) is 48.6 Å². The molecule has 0 saturated heterocycles. The molecule has 3 nitrogen and oxygen atoms in total. The van der Waals surface area contributed by atoms with Crippen LogP contribution in [-0.4, -0.2) is 25.6 Å². The molecule has 0 atom stereocenters. The van der Waals surface area contributed by atoms with Gasteiger partial charge in [0, 0.05) is 18.5 Å². The van der Waals surface area contributed by atoms with Gasteiger partial charge in [-0.25, -0.2) is 0 Å². The van der Waals surface area contributed by atoms with Crippen LogP contribution in [0.3, 0.4) is 0 Å². The van der Waals surface area contributed by atoms with Gasteiger partial charge < -0.3 is 10.6 Å². The number of rotatable bonds is 6. The maximum atomic E-state index is 4.65. The normalized spacial score (nSPS) is 11.4. The van der Waals surface area contributed by atoms with Gasteiger partial charge in [-0.3, -0.25) is 4.99 Å². The van der Waals surface area contributed by atoms with Crippen LogP contribution in [-0.2, 0) is 5.41 Å². The smallest absolute Gasteiger partial charge is 0.191 e. The molecule has 0 saturated carbocycles. The number of hydrogen-bond acceptors (Lipinski definition) is 1. The Morgan fingerprint density at radius 1 is 1.25 bits per heavy atom. The summed E-state index contributed by atoms with van der Waals surface area (Å²) in [6, 6.07) is 10.5. The third-order valence-electron chi connectivity index (χ3n) is 2.95. The highest BCUT2D eigenvalue weighted by Crippen LogP contribution is 2.22. The van der Waals surface area contributed by atoms with Crippen molar-refractivity contribution in [2.24, 2.45) is 4.99 Å². The van der Waals surface area contributed by atoms with Crippen LogP contribution >= 0.6 is 24.0 Å². The van der Waals surface area contributed by atoms with Crippen LogP contribution in [0, 0.1) is 0 Å². The van der Waals surface area contributed by atoms with Crippen LogP contribution in [0.1, 0.15) is 26.3 Å². The van der Waals surface area contributed by atoms with Crippen LogP contribution in [0.15, 0.2) is 48.0 Å². The van der Waals surface area contributed by atoms with Gasteiger partial charge >= 0.3 is 0 Å². The van der Waals surface area contributed by atoms with E-state index in [2.05, 4.69) is 67.2 Å². The molecule has 0 aliphatic rings. The van der Waals surface area contributed by atoms with E-state index >= 15 is 0 Å². The predicted molar refractivity (Wildman–Crippen MR) is 99.1 cm³/mol. The Hall–Kier alpha value is -1.04. The zero-order chi connectivity index (χ0) is 14.1. The average Bonchev–Trinajstić information content (AvgIpc) is 2.43. The first kappa shape index (κ1) is 19.0. The highest BCUT2D eigenvalue weighted by molar-refractivity contribution is 14.0. The van der Waals surface area contributed by atoms with Crippen molar-refractivity contribution in [1.82, 2.24) is 10.6 Å². The largest absolute Gasteiger partial charge is 0.357 e. The second-order valence-corrected chi connectivity index (χ2v) is 5.11. The molecule has 0 unspecified atom stereocenters. The van der Waals surface area contributed by atoms with Crippen molar-refractivity contribution in [3.63, 3.8) is 0 Å². The molecule has 1 rings (SSSR count). The maximum absolute atomic E-state index is 4.65. The lowest BCUT2D eigenvalue weighted by Crippen LogP contribution is -2.38. The average molecular weight is 387 g/mol. The molecular formula is C16H26IN3. The number of nitrogens with zero attached hydrogens (tertiary/aromatic N) is 1. The summed E-state index contributed by atoms with van der Waals surface area (Å²) in [5, 5.41) is 6.45. The number of benzene rings is 1. The van der Waals surface area contributed by atoms with Gasteiger partial charge in [0.05, 0.1) is 6.54 Å². The molecule has 0 fully saturated rings. The minimum Gasteiger partial charge on any atom is -0.357 e. The fourth-order valence-corrected chi connectivity index (χ4v) is 1.77. The van der Waals surface area contributed by atoms with Gasteiger partial charge in [-0.05, 0) is 12.5 Å². The van der Waals surface area contributed by atoms with Crippen LogP contribution in [0.2, 0.25) is 0 Å². The van der Waals surface area contributed by atoms with Crippen molar-refractivity contribution < 1.29 is 0 Å². The lowest BCUT2D eigenvalue weighted by atomic mass is 9.85. The van der Waals surface area contributed by atoms with E-state index in [9.17, 15) is 0 Å². The van der Waals surface area contributed by atoms with Gasteiger partial charge in [-0.1, -0.05) is 50.3 Å². The summed E-state index contributed by atoms with van der Waals surface area (Å²) in [5.41, 5.74) is 1.33. The zero-order valence-corrected chi connectivity index (χ0v) is 15.0. The monoisotopic (exact) mass is 387 g/mol. The fraction of sp³-hybridized carbons (Fsp3) is 0.438. The Bertz CT molecular complexity index is 413. The van der Waals surface area contributed by atoms with E-state index in [1.807, 2.05) is 12.1 Å². The molecule has 20 heavy (non-hydrogen) atoms. The molecule has 1 aromatic rings. The number of nitrogens with one attached hydrogen (secondary N) is 2. The lowest BCUT2D eigenvalue weighted by molar-refractivity contribution is 0.537. The molecular weight excluding hydrogens is 361 g/mol. The van der Waals surface area contributed by atoms with Crippen molar-refractivity contribution in [2.75, 3.05) is 19.6 Å². The summed E-state index contributed by atoms with van der Waals surface area (Å²) < 4.78 is 0. The summed E-state index contributed by atoms with van der Waals surface area (Å²) in [6.45, 7) is 12.5. The highest BCUT2D eigenvalue weighted by Gasteiger charge is 2.19. The Morgan fingerprint density at radius 2 is 1.90 bits per heavy atom. The molecule has 2 N–H and O–H groups in total. The van der Waals surface area contributed by atoms with E-state index in [0.717, 1.165) is 25.6 Å². The van der Waals surface area contributed by atoms with Crippen molar-refractivity contribution in [1.29, 1.82) is 0 Å². The maximum Gasteiger partial charge on any atom is 0.191 e. The first-order valence-electron chi connectivity index (χ1n) is 6.78. The lowest BCUT2D eigenvalue weighted by Gasteiger charge is -2.23. The zero-order valence-electron chi connectivity index (χ0n) is 12.6. The Kier molecular flexibility index (Phi) is 9.29. The third-order valence-corrected chi connectivity index (χ3v) is 2.95. The summed E-state index contributed by atoms with van der Waals surface area (Å²) in [4.78, 5) is 4.65. The second-order valence-electron chi connectivity index (χ2n) is 5.11. The van der Waals surface area contributed by atoms with E-state index in [4.69, 9.17) is 0 Å². The number of hydrogen-bond donors (Lipinski definition) is 2. The summed E-state index contributed by atoms with van der Waals surface area (Å²) in [5.74, 6) is 0.839. The van der Waals surface area contributed by atoms with E-state index in [1.54, 1.807) is 0 Å². The van der Waals surface area contributed by atoms with Crippen LogP contribution in [0.25, 0.3) is 0 Å². The molecule has 0 aliphatic heterocycles. The number of halogens is 1. The summed E-state index contributed by atoms with van der Waals surface area (Å²) in [6.07, 6.45) is 1.83. The third kappa shape index (κ3) is 6.41. The molecule has 0 spiro atoms. The Labute approximate surface area is 140 Å². The molecule has 0 aromatic heterocycles. The van der Waals surface area contributed by atoms with Gasteiger partial charge in [-0.15, -0.1) is 30.6 Å². The topological polar surface area (TPSA) is 36.4 Å². The van der Waals surface area contributed by atoms with Gasteiger partial charge in [0.1, 0.15) is 0 Å². The molecule has 0 heterocycles. The predicted octanol–water partition coefficient (Wildman–Crippen LogP) is 3.32. The second kappa shape index (κ2) is 9.80. The minimum atomic E-state index is 0. The molecule has 0 radical (unpaired) electrons. The van der Waals surface area contributed by atoms with Crippen LogP contribution in [0.5, 0.6) is 0 Å². The van der Waals surface area contributed by atoms with Crippen molar-refractivity contribution in [2.45, 2.75) is 26.2 Å². The van der Waals surface area contributed by atoms with E-state index in [0.29, 0.717) is 0 Å². The standard InChI is InChI=1S/C16H25N3.HI/c1-5-12-18-15(17-6-2)19-13-16(3,4)14-10-8-7-9-11-14;/h5,7-11H,1,6,12-13H2,2-4H3,(H2,17,18,19);1H. The summed E-state index contributed by atoms with van der Waals surface area (Å²) in [7, 11) is 0. The molecule has 112 valence electrons. The molecule has 0 aliphatic carbocycles. The van der Waals surface area contributed by atoms with Crippen molar-refractivity contribution >= 4 is 29.9 Å². The quantitative estimate of drug-likeness (QED) is 0.340. The first-order valence-corrected chi connectivity index (χ1v) is 6.78. The van der Waals surface area contributed by atoms with Gasteiger partial charge in [0.15, 0.2) is 5.96 Å². The van der Waals surface area contributed by atoms with E-state index < -0.39 is 0 Å². The molecule has 1 aromatic carbocycles. The fourth-order valence-electron chi connectivity index (χ4n) is 1.77. The Morgan fingerprint density at radius 3 is 2.45 bits per heavy atom. The van der Waals surface area contributed by atoms with Crippen LogP contribution in [0.4, 0.5) is 0 Å². The summed E-state index contributed by atoms with van der Waals surface area (Å²) >= 11 is 0. The Balaban J connectivity index is 0.00000361. The van der Waals surface area contributed by atoms with E-state index in [1.165, 1.54) is 5.56 Å². The van der Waals surface area contributed by atoms with Gasteiger partial charge in [-0.2, -0.15) is 0 Å². The van der Waals surface area contributed by atoms with E-state index in [-0.39, 0.29) is 29.4 Å². The van der Waals surface area contributed by atoms with Crippen molar-refractivity contribution in [3.8, 4) is 0 Å². The van der Waals surface area contributed by atoms with Gasteiger partial charge in [0.2, 0.25) is 0 Å². The van der Waals surface area contributed by atoms with Crippen LogP contribution < -0.4 is 10.6 Å². The molecule has 0 amide bonds. The van der Waals surface area contributed by atoms with Gasteiger partial charge in [0.25, 0.3) is 0 Å². The number of guanidine groups is 1. The minimum absolute atomic E-state index is 0.